The normalized spacial score (nSPS) is 44.1. The van der Waals surface area contributed by atoms with Gasteiger partial charge < -0.3 is 15.6 Å². The molecule has 0 bridgehead atoms. The number of nitrogen functional groups attached to an aromatic ring is 1. The molecular formula is C12H13F2N3O3. The zero-order chi connectivity index (χ0) is 14.3. The lowest BCUT2D eigenvalue weighted by atomic mass is 10.1. The fourth-order valence-electron chi connectivity index (χ4n) is 3.28. The molecule has 20 heavy (non-hydrogen) atoms. The minimum atomic E-state index is -3.06. The molecule has 0 radical (unpaired) electrons. The summed E-state index contributed by atoms with van der Waals surface area (Å²) in [4.78, 5) is 15.3. The van der Waals surface area contributed by atoms with Gasteiger partial charge in [-0.25, -0.2) is 13.6 Å². The van der Waals surface area contributed by atoms with Crippen molar-refractivity contribution in [3.8, 4) is 0 Å². The number of aromatic nitrogens is 2. The highest BCUT2D eigenvalue weighted by Gasteiger charge is 2.83. The first-order valence-electron chi connectivity index (χ1n) is 6.40. The van der Waals surface area contributed by atoms with Crippen molar-refractivity contribution < 1.29 is 18.6 Å². The molecule has 108 valence electrons. The van der Waals surface area contributed by atoms with Crippen LogP contribution in [0.1, 0.15) is 25.3 Å². The van der Waals surface area contributed by atoms with Crippen LogP contribution < -0.4 is 11.4 Å². The van der Waals surface area contributed by atoms with Gasteiger partial charge in [-0.05, 0) is 6.07 Å². The van der Waals surface area contributed by atoms with Gasteiger partial charge >= 0.3 is 5.69 Å². The SMILES string of the molecule is Nc1ccn(C2C[C@@]23OC2(CC2O)CC3(F)F)c(=O)n1. The van der Waals surface area contributed by atoms with Gasteiger partial charge in [0.1, 0.15) is 11.4 Å². The Bertz CT molecular complexity index is 664. The summed E-state index contributed by atoms with van der Waals surface area (Å²) in [7, 11) is 0. The third-order valence-corrected chi connectivity index (χ3v) is 4.57. The first kappa shape index (κ1) is 12.2. The molecule has 8 heteroatoms. The first-order chi connectivity index (χ1) is 9.30. The van der Waals surface area contributed by atoms with Crippen LogP contribution in [0.4, 0.5) is 14.6 Å². The maximum Gasteiger partial charge on any atom is 0.349 e. The first-order valence-corrected chi connectivity index (χ1v) is 6.40. The molecule has 6 nitrogen and oxygen atoms in total. The van der Waals surface area contributed by atoms with Gasteiger partial charge in [-0.1, -0.05) is 0 Å². The third-order valence-electron chi connectivity index (χ3n) is 4.57. The van der Waals surface area contributed by atoms with Crippen molar-refractivity contribution in [2.75, 3.05) is 5.73 Å². The average molecular weight is 285 g/mol. The molecule has 3 fully saturated rings. The van der Waals surface area contributed by atoms with E-state index in [-0.39, 0.29) is 18.7 Å². The van der Waals surface area contributed by atoms with Gasteiger partial charge in [0.25, 0.3) is 5.92 Å². The molecule has 3 unspecified atom stereocenters. The topological polar surface area (TPSA) is 90.4 Å². The van der Waals surface area contributed by atoms with Crippen LogP contribution in [0.5, 0.6) is 0 Å². The number of hydrogen-bond acceptors (Lipinski definition) is 5. The van der Waals surface area contributed by atoms with Crippen LogP contribution in [0.2, 0.25) is 0 Å². The van der Waals surface area contributed by atoms with E-state index in [0.29, 0.717) is 0 Å². The summed E-state index contributed by atoms with van der Waals surface area (Å²) >= 11 is 0. The number of hydrogen-bond donors (Lipinski definition) is 2. The van der Waals surface area contributed by atoms with Gasteiger partial charge in [-0.2, -0.15) is 4.98 Å². The molecular weight excluding hydrogens is 272 g/mol. The van der Waals surface area contributed by atoms with Gasteiger partial charge in [0.05, 0.1) is 12.1 Å². The highest BCUT2D eigenvalue weighted by Crippen LogP contribution is 2.71. The molecule has 4 atom stereocenters. The number of aliphatic hydroxyl groups is 1. The molecule has 3 aliphatic rings. The van der Waals surface area contributed by atoms with E-state index in [1.165, 1.54) is 12.3 Å². The lowest BCUT2D eigenvalue weighted by molar-refractivity contribution is -0.107. The number of aliphatic hydroxyl groups excluding tert-OH is 1. The zero-order valence-corrected chi connectivity index (χ0v) is 10.4. The van der Waals surface area contributed by atoms with E-state index in [9.17, 15) is 18.7 Å². The summed E-state index contributed by atoms with van der Waals surface area (Å²) in [5, 5.41) is 9.50. The highest BCUT2D eigenvalue weighted by atomic mass is 19.3. The Morgan fingerprint density at radius 1 is 1.50 bits per heavy atom. The number of halogens is 2. The Kier molecular flexibility index (Phi) is 1.95. The summed E-state index contributed by atoms with van der Waals surface area (Å²) in [6.07, 6.45) is 0.300. The molecule has 1 aromatic rings. The fraction of sp³-hybridized carbons (Fsp3) is 0.667. The molecule has 2 aliphatic carbocycles. The molecule has 1 saturated heterocycles. The lowest BCUT2D eigenvalue weighted by Crippen LogP contribution is -2.36. The fourth-order valence-corrected chi connectivity index (χ4v) is 3.28. The van der Waals surface area contributed by atoms with E-state index in [4.69, 9.17) is 10.5 Å². The van der Waals surface area contributed by atoms with E-state index < -0.39 is 41.4 Å². The summed E-state index contributed by atoms with van der Waals surface area (Å²) in [5.41, 5.74) is 1.91. The van der Waals surface area contributed by atoms with E-state index in [1.54, 1.807) is 0 Å². The highest BCUT2D eigenvalue weighted by molar-refractivity contribution is 5.30. The quantitative estimate of drug-likeness (QED) is 0.762. The van der Waals surface area contributed by atoms with Gasteiger partial charge in [0.2, 0.25) is 0 Å². The smallest absolute Gasteiger partial charge is 0.349 e. The minimum Gasteiger partial charge on any atom is -0.390 e. The Morgan fingerprint density at radius 2 is 2.20 bits per heavy atom. The zero-order valence-electron chi connectivity index (χ0n) is 10.4. The van der Waals surface area contributed by atoms with Crippen molar-refractivity contribution in [1.29, 1.82) is 0 Å². The molecule has 3 N–H and O–H groups in total. The Morgan fingerprint density at radius 3 is 2.75 bits per heavy atom. The molecule has 1 aromatic heterocycles. The molecule has 2 spiro atoms. The van der Waals surface area contributed by atoms with Crippen LogP contribution in [-0.4, -0.2) is 37.9 Å². The van der Waals surface area contributed by atoms with Crippen LogP contribution >= 0.6 is 0 Å². The van der Waals surface area contributed by atoms with Crippen LogP contribution in [0.15, 0.2) is 17.1 Å². The molecule has 2 saturated carbocycles. The minimum absolute atomic E-state index is 0.0416. The molecule has 4 rings (SSSR count). The molecule has 0 amide bonds. The van der Waals surface area contributed by atoms with E-state index in [2.05, 4.69) is 4.98 Å². The van der Waals surface area contributed by atoms with Crippen molar-refractivity contribution >= 4 is 5.82 Å². The summed E-state index contributed by atoms with van der Waals surface area (Å²) in [6.45, 7) is 0. The monoisotopic (exact) mass is 285 g/mol. The standard InChI is InChI=1S/C12H13F2N3O3/c13-12(14)5-10(4-7(10)18)20-11(12)3-6(11)17-2-1-8(15)16-9(17)19/h1-2,6-7,18H,3-5H2,(H2,15,16,19)/t6?,7?,10?,11-/m1/s1. The van der Waals surface area contributed by atoms with Crippen molar-refractivity contribution in [3.05, 3.63) is 22.7 Å². The van der Waals surface area contributed by atoms with E-state index in [0.717, 1.165) is 4.57 Å². The van der Waals surface area contributed by atoms with E-state index in [1.807, 2.05) is 0 Å². The van der Waals surface area contributed by atoms with E-state index >= 15 is 0 Å². The van der Waals surface area contributed by atoms with Crippen molar-refractivity contribution in [2.24, 2.45) is 0 Å². The molecule has 1 aliphatic heterocycles. The van der Waals surface area contributed by atoms with Gasteiger partial charge in [-0.3, -0.25) is 4.57 Å². The van der Waals surface area contributed by atoms with Crippen LogP contribution in [-0.2, 0) is 4.74 Å². The van der Waals surface area contributed by atoms with Gasteiger partial charge in [-0.15, -0.1) is 0 Å². The predicted molar refractivity (Wildman–Crippen MR) is 63.3 cm³/mol. The maximum atomic E-state index is 14.2. The Hall–Kier alpha value is -1.54. The van der Waals surface area contributed by atoms with Crippen molar-refractivity contribution in [1.82, 2.24) is 9.55 Å². The molecule has 0 aromatic carbocycles. The largest absolute Gasteiger partial charge is 0.390 e. The summed E-state index contributed by atoms with van der Waals surface area (Å²) in [5.74, 6) is -3.01. The van der Waals surface area contributed by atoms with Crippen LogP contribution in [0.3, 0.4) is 0 Å². The maximum absolute atomic E-state index is 14.2. The van der Waals surface area contributed by atoms with Crippen LogP contribution in [0.25, 0.3) is 0 Å². The van der Waals surface area contributed by atoms with Gasteiger partial charge in [0.15, 0.2) is 5.60 Å². The number of alkyl halides is 2. The second kappa shape index (κ2) is 3.20. The number of rotatable bonds is 1. The summed E-state index contributed by atoms with van der Waals surface area (Å²) < 4.78 is 35.1. The average Bonchev–Trinajstić information content (AvgIpc) is 3.15. The summed E-state index contributed by atoms with van der Waals surface area (Å²) in [6, 6.07) is 0.632. The van der Waals surface area contributed by atoms with Crippen molar-refractivity contribution in [3.63, 3.8) is 0 Å². The second-order valence-corrected chi connectivity index (χ2v) is 5.92. The predicted octanol–water partition coefficient (Wildman–Crippen LogP) is 0.0681. The number of nitrogens with two attached hydrogens (primary N) is 1. The number of ether oxygens (including phenoxy) is 1. The van der Waals surface area contributed by atoms with Crippen molar-refractivity contribution in [2.45, 2.75) is 48.5 Å². The second-order valence-electron chi connectivity index (χ2n) is 5.92. The lowest BCUT2D eigenvalue weighted by Gasteiger charge is -2.18. The number of anilines is 1. The van der Waals surface area contributed by atoms with Gasteiger partial charge in [0, 0.05) is 25.5 Å². The third kappa shape index (κ3) is 1.33. The Labute approximate surface area is 112 Å². The van der Waals surface area contributed by atoms with Crippen LogP contribution in [0, 0.1) is 0 Å². The number of nitrogens with zero attached hydrogens (tertiary/aromatic N) is 2. The molecule has 2 heterocycles. The Balaban J connectivity index is 1.70.